The molecule has 1 aromatic carbocycles. The molecule has 1 unspecified atom stereocenters. The second kappa shape index (κ2) is 6.28. The van der Waals surface area contributed by atoms with Crippen LogP contribution in [0.15, 0.2) is 30.3 Å². The second-order valence-electron chi connectivity index (χ2n) is 4.18. The van der Waals surface area contributed by atoms with Crippen LogP contribution >= 0.6 is 0 Å². The first kappa shape index (κ1) is 12.7. The summed E-state index contributed by atoms with van der Waals surface area (Å²) in [7, 11) is 0. The summed E-state index contributed by atoms with van der Waals surface area (Å²) in [6.07, 6.45) is 0.439. The number of aliphatic hydroxyl groups excluding tert-OH is 1. The molecule has 5 heteroatoms. The van der Waals surface area contributed by atoms with Gasteiger partial charge in [0, 0.05) is 18.7 Å². The molecule has 1 heterocycles. The van der Waals surface area contributed by atoms with Crippen LogP contribution in [0, 0.1) is 0 Å². The quantitative estimate of drug-likeness (QED) is 0.719. The first-order chi connectivity index (χ1) is 8.81. The van der Waals surface area contributed by atoms with Gasteiger partial charge in [0.25, 0.3) is 0 Å². The van der Waals surface area contributed by atoms with E-state index in [1.54, 1.807) is 0 Å². The van der Waals surface area contributed by atoms with E-state index in [2.05, 4.69) is 20.7 Å². The summed E-state index contributed by atoms with van der Waals surface area (Å²) in [5.74, 6) is 0. The van der Waals surface area contributed by atoms with E-state index >= 15 is 0 Å². The lowest BCUT2D eigenvalue weighted by Crippen LogP contribution is -2.26. The molecule has 0 fully saturated rings. The number of hydrogen-bond donors (Lipinski definition) is 3. The van der Waals surface area contributed by atoms with Crippen molar-refractivity contribution in [2.75, 3.05) is 6.54 Å². The predicted molar refractivity (Wildman–Crippen MR) is 69.8 cm³/mol. The molecule has 1 atom stereocenters. The first-order valence-electron chi connectivity index (χ1n) is 6.15. The van der Waals surface area contributed by atoms with Crippen molar-refractivity contribution in [1.29, 1.82) is 0 Å². The summed E-state index contributed by atoms with van der Waals surface area (Å²) < 4.78 is 0. The van der Waals surface area contributed by atoms with Gasteiger partial charge in [-0.2, -0.15) is 15.4 Å². The van der Waals surface area contributed by atoms with Gasteiger partial charge in [-0.3, -0.25) is 0 Å². The summed E-state index contributed by atoms with van der Waals surface area (Å²) in [5.41, 5.74) is 2.76. The lowest BCUT2D eigenvalue weighted by molar-refractivity contribution is 0.167. The number of rotatable bonds is 6. The summed E-state index contributed by atoms with van der Waals surface area (Å²) in [6, 6.07) is 9.92. The molecule has 0 aliphatic heterocycles. The molecule has 0 aliphatic carbocycles. The number of nitrogens with one attached hydrogen (secondary N) is 2. The van der Waals surface area contributed by atoms with Crippen LogP contribution in [-0.2, 0) is 6.54 Å². The van der Waals surface area contributed by atoms with Gasteiger partial charge in [0.1, 0.15) is 11.4 Å². The Labute approximate surface area is 106 Å². The Kier molecular flexibility index (Phi) is 4.44. The summed E-state index contributed by atoms with van der Waals surface area (Å²) in [5, 5.41) is 23.6. The van der Waals surface area contributed by atoms with Gasteiger partial charge in [0.2, 0.25) is 0 Å². The Morgan fingerprint density at radius 1 is 1.28 bits per heavy atom. The molecule has 0 radical (unpaired) electrons. The summed E-state index contributed by atoms with van der Waals surface area (Å²) >= 11 is 0. The van der Waals surface area contributed by atoms with Crippen LogP contribution in [0.3, 0.4) is 0 Å². The zero-order valence-electron chi connectivity index (χ0n) is 10.4. The molecular formula is C13H18N4O. The van der Waals surface area contributed by atoms with Gasteiger partial charge in [0.05, 0.1) is 6.10 Å². The molecule has 5 nitrogen and oxygen atoms in total. The number of aromatic nitrogens is 3. The molecule has 3 N–H and O–H groups in total. The maximum absolute atomic E-state index is 9.47. The number of hydrogen-bond acceptors (Lipinski definition) is 4. The second-order valence-corrected chi connectivity index (χ2v) is 4.18. The van der Waals surface area contributed by atoms with E-state index < -0.39 is 0 Å². The van der Waals surface area contributed by atoms with Crippen LogP contribution < -0.4 is 5.32 Å². The van der Waals surface area contributed by atoms with Crippen LogP contribution in [0.2, 0.25) is 0 Å². The van der Waals surface area contributed by atoms with Gasteiger partial charge in [-0.15, -0.1) is 0 Å². The number of aromatic amines is 1. The van der Waals surface area contributed by atoms with Crippen LogP contribution in [0.5, 0.6) is 0 Å². The molecule has 0 saturated carbocycles. The topological polar surface area (TPSA) is 73.8 Å². The van der Waals surface area contributed by atoms with E-state index in [-0.39, 0.29) is 6.10 Å². The van der Waals surface area contributed by atoms with Gasteiger partial charge >= 0.3 is 0 Å². The number of H-pyrrole nitrogens is 1. The van der Waals surface area contributed by atoms with Crippen LogP contribution in [0.25, 0.3) is 11.3 Å². The third kappa shape index (κ3) is 3.15. The summed E-state index contributed by atoms with van der Waals surface area (Å²) in [6.45, 7) is 3.12. The van der Waals surface area contributed by atoms with Crippen molar-refractivity contribution in [3.05, 3.63) is 36.0 Å². The normalized spacial score (nSPS) is 12.6. The Hall–Kier alpha value is -1.72. The van der Waals surface area contributed by atoms with Gasteiger partial charge in [-0.05, 0) is 6.42 Å². The predicted octanol–water partition coefficient (Wildman–Crippen LogP) is 1.33. The Bertz CT molecular complexity index is 469. The molecule has 18 heavy (non-hydrogen) atoms. The fraction of sp³-hybridized carbons (Fsp3) is 0.385. The van der Waals surface area contributed by atoms with Crippen molar-refractivity contribution < 1.29 is 5.11 Å². The highest BCUT2D eigenvalue weighted by Gasteiger charge is 2.09. The van der Waals surface area contributed by atoms with E-state index in [1.165, 1.54) is 0 Å². The minimum absolute atomic E-state index is 0.308. The van der Waals surface area contributed by atoms with E-state index in [0.717, 1.165) is 23.4 Å². The highest BCUT2D eigenvalue weighted by molar-refractivity contribution is 5.60. The average Bonchev–Trinajstić information content (AvgIpc) is 2.88. The van der Waals surface area contributed by atoms with Gasteiger partial charge in [-0.25, -0.2) is 0 Å². The minimum atomic E-state index is -0.308. The average molecular weight is 246 g/mol. The monoisotopic (exact) mass is 246 g/mol. The van der Waals surface area contributed by atoms with Crippen LogP contribution in [0.1, 0.15) is 19.0 Å². The molecule has 2 rings (SSSR count). The standard InChI is InChI=1S/C13H18N4O/c1-2-11(18)8-14-9-12-13(16-17-15-12)10-6-4-3-5-7-10/h3-7,11,14,18H,2,8-9H2,1H3,(H,15,16,17). The van der Waals surface area contributed by atoms with Gasteiger partial charge in [0.15, 0.2) is 0 Å². The highest BCUT2D eigenvalue weighted by atomic mass is 16.3. The van der Waals surface area contributed by atoms with E-state index in [9.17, 15) is 5.11 Å². The number of benzene rings is 1. The summed E-state index contributed by atoms with van der Waals surface area (Å²) in [4.78, 5) is 0. The molecule has 1 aromatic heterocycles. The SMILES string of the molecule is CCC(O)CNCc1n[nH]nc1-c1ccccc1. The molecule has 0 amide bonds. The molecule has 0 saturated heterocycles. The molecule has 0 aliphatic rings. The van der Waals surface area contributed by atoms with E-state index in [0.29, 0.717) is 13.1 Å². The van der Waals surface area contributed by atoms with Crippen LogP contribution in [0.4, 0.5) is 0 Å². The first-order valence-corrected chi connectivity index (χ1v) is 6.15. The lowest BCUT2D eigenvalue weighted by atomic mass is 10.1. The Morgan fingerprint density at radius 3 is 2.78 bits per heavy atom. The molecule has 0 bridgehead atoms. The third-order valence-corrected chi connectivity index (χ3v) is 2.81. The third-order valence-electron chi connectivity index (χ3n) is 2.81. The Balaban J connectivity index is 2.00. The zero-order chi connectivity index (χ0) is 12.8. The molecule has 96 valence electrons. The van der Waals surface area contributed by atoms with Crippen molar-refractivity contribution in [3.63, 3.8) is 0 Å². The van der Waals surface area contributed by atoms with Gasteiger partial charge < -0.3 is 10.4 Å². The lowest BCUT2D eigenvalue weighted by Gasteiger charge is -2.08. The molecular weight excluding hydrogens is 228 g/mol. The van der Waals surface area contributed by atoms with Crippen molar-refractivity contribution in [1.82, 2.24) is 20.7 Å². The number of nitrogens with zero attached hydrogens (tertiary/aromatic N) is 2. The smallest absolute Gasteiger partial charge is 0.117 e. The van der Waals surface area contributed by atoms with Crippen molar-refractivity contribution in [2.24, 2.45) is 0 Å². The minimum Gasteiger partial charge on any atom is -0.392 e. The fourth-order valence-electron chi connectivity index (χ4n) is 1.70. The van der Waals surface area contributed by atoms with Gasteiger partial charge in [-0.1, -0.05) is 37.3 Å². The maximum Gasteiger partial charge on any atom is 0.117 e. The van der Waals surface area contributed by atoms with Crippen molar-refractivity contribution in [2.45, 2.75) is 26.0 Å². The zero-order valence-corrected chi connectivity index (χ0v) is 10.4. The molecule has 2 aromatic rings. The van der Waals surface area contributed by atoms with Crippen LogP contribution in [-0.4, -0.2) is 33.2 Å². The van der Waals surface area contributed by atoms with Crippen molar-refractivity contribution >= 4 is 0 Å². The number of aliphatic hydroxyl groups is 1. The van der Waals surface area contributed by atoms with Crippen molar-refractivity contribution in [3.8, 4) is 11.3 Å². The largest absolute Gasteiger partial charge is 0.392 e. The Morgan fingerprint density at radius 2 is 2.06 bits per heavy atom. The maximum atomic E-state index is 9.47. The highest BCUT2D eigenvalue weighted by Crippen LogP contribution is 2.18. The van der Waals surface area contributed by atoms with E-state index in [1.807, 2.05) is 37.3 Å². The molecule has 0 spiro atoms. The van der Waals surface area contributed by atoms with E-state index in [4.69, 9.17) is 0 Å². The fourth-order valence-corrected chi connectivity index (χ4v) is 1.70.